The van der Waals surface area contributed by atoms with Gasteiger partial charge in [0.1, 0.15) is 0 Å². The van der Waals surface area contributed by atoms with Crippen molar-refractivity contribution in [3.8, 4) is 0 Å². The molecule has 0 spiro atoms. The Hall–Kier alpha value is -0.120. The molecule has 0 saturated carbocycles. The standard InChI is InChI=1S/C13H26N2O/c16-9-5-12-3-7-15(8-4-12)6-1-2-13-10-14-11-13/h12-14,16H,1-11H2. The minimum atomic E-state index is 0.374. The van der Waals surface area contributed by atoms with Crippen LogP contribution in [-0.2, 0) is 0 Å². The molecular formula is C13H26N2O. The van der Waals surface area contributed by atoms with E-state index in [1.165, 1.54) is 58.4 Å². The summed E-state index contributed by atoms with van der Waals surface area (Å²) in [4.78, 5) is 2.61. The van der Waals surface area contributed by atoms with Crippen molar-refractivity contribution in [3.63, 3.8) is 0 Å². The quantitative estimate of drug-likeness (QED) is 0.711. The Morgan fingerprint density at radius 1 is 1.06 bits per heavy atom. The zero-order valence-electron chi connectivity index (χ0n) is 10.3. The molecular weight excluding hydrogens is 200 g/mol. The maximum atomic E-state index is 8.90. The summed E-state index contributed by atoms with van der Waals surface area (Å²) in [6.45, 7) is 6.68. The van der Waals surface area contributed by atoms with Crippen molar-refractivity contribution in [3.05, 3.63) is 0 Å². The average molecular weight is 226 g/mol. The lowest BCUT2D eigenvalue weighted by atomic mass is 9.93. The molecule has 2 N–H and O–H groups in total. The third kappa shape index (κ3) is 3.72. The molecule has 16 heavy (non-hydrogen) atoms. The van der Waals surface area contributed by atoms with Gasteiger partial charge < -0.3 is 15.3 Å². The molecule has 0 aliphatic carbocycles. The van der Waals surface area contributed by atoms with E-state index in [0.29, 0.717) is 6.61 Å². The largest absolute Gasteiger partial charge is 0.396 e. The fourth-order valence-corrected chi connectivity index (χ4v) is 2.84. The molecule has 0 amide bonds. The Morgan fingerprint density at radius 3 is 2.38 bits per heavy atom. The zero-order chi connectivity index (χ0) is 11.2. The molecule has 0 aromatic heterocycles. The highest BCUT2D eigenvalue weighted by Gasteiger charge is 2.20. The van der Waals surface area contributed by atoms with Crippen molar-refractivity contribution in [2.24, 2.45) is 11.8 Å². The molecule has 2 fully saturated rings. The molecule has 0 aromatic carbocycles. The van der Waals surface area contributed by atoms with E-state index in [4.69, 9.17) is 5.11 Å². The van der Waals surface area contributed by atoms with E-state index in [2.05, 4.69) is 10.2 Å². The van der Waals surface area contributed by atoms with Gasteiger partial charge in [0.05, 0.1) is 0 Å². The number of nitrogens with one attached hydrogen (secondary N) is 1. The molecule has 3 heteroatoms. The van der Waals surface area contributed by atoms with Crippen molar-refractivity contribution in [1.82, 2.24) is 10.2 Å². The number of piperidine rings is 1. The normalized spacial score (nSPS) is 24.6. The maximum Gasteiger partial charge on any atom is 0.0433 e. The minimum absolute atomic E-state index is 0.374. The van der Waals surface area contributed by atoms with E-state index < -0.39 is 0 Å². The summed E-state index contributed by atoms with van der Waals surface area (Å²) in [5, 5.41) is 12.2. The molecule has 0 aromatic rings. The second-order valence-electron chi connectivity index (χ2n) is 5.46. The Labute approximate surface area is 99.2 Å². The zero-order valence-corrected chi connectivity index (χ0v) is 10.3. The van der Waals surface area contributed by atoms with Crippen LogP contribution in [0.25, 0.3) is 0 Å². The maximum absolute atomic E-state index is 8.90. The third-order valence-electron chi connectivity index (χ3n) is 4.20. The minimum Gasteiger partial charge on any atom is -0.396 e. The second kappa shape index (κ2) is 6.58. The first-order valence-electron chi connectivity index (χ1n) is 6.92. The first-order valence-corrected chi connectivity index (χ1v) is 6.92. The van der Waals surface area contributed by atoms with Crippen molar-refractivity contribution in [2.75, 3.05) is 39.3 Å². The summed E-state index contributed by atoms with van der Waals surface area (Å²) < 4.78 is 0. The fraction of sp³-hybridized carbons (Fsp3) is 1.00. The van der Waals surface area contributed by atoms with Gasteiger partial charge in [-0.3, -0.25) is 0 Å². The molecule has 0 bridgehead atoms. The van der Waals surface area contributed by atoms with Gasteiger partial charge in [0.15, 0.2) is 0 Å². The highest BCUT2D eigenvalue weighted by atomic mass is 16.3. The van der Waals surface area contributed by atoms with Crippen LogP contribution in [-0.4, -0.2) is 49.3 Å². The summed E-state index contributed by atoms with van der Waals surface area (Å²) >= 11 is 0. The molecule has 0 atom stereocenters. The summed E-state index contributed by atoms with van der Waals surface area (Å²) in [7, 11) is 0. The lowest BCUT2D eigenvalue weighted by molar-refractivity contribution is 0.153. The lowest BCUT2D eigenvalue weighted by Gasteiger charge is -2.33. The van der Waals surface area contributed by atoms with E-state index in [1.54, 1.807) is 0 Å². The van der Waals surface area contributed by atoms with E-state index in [1.807, 2.05) is 0 Å². The number of aliphatic hydroxyl groups excluding tert-OH is 1. The Morgan fingerprint density at radius 2 is 1.81 bits per heavy atom. The fourth-order valence-electron chi connectivity index (χ4n) is 2.84. The van der Waals surface area contributed by atoms with Gasteiger partial charge in [0, 0.05) is 6.61 Å². The molecule has 0 radical (unpaired) electrons. The number of aliphatic hydroxyl groups is 1. The van der Waals surface area contributed by atoms with Gasteiger partial charge in [0.2, 0.25) is 0 Å². The van der Waals surface area contributed by atoms with E-state index in [0.717, 1.165) is 18.3 Å². The molecule has 2 aliphatic heterocycles. The van der Waals surface area contributed by atoms with Crippen LogP contribution in [0, 0.1) is 11.8 Å². The van der Waals surface area contributed by atoms with E-state index in [-0.39, 0.29) is 0 Å². The average Bonchev–Trinajstić information content (AvgIpc) is 2.24. The number of nitrogens with zero attached hydrogens (tertiary/aromatic N) is 1. The van der Waals surface area contributed by atoms with Crippen LogP contribution in [0.15, 0.2) is 0 Å². The monoisotopic (exact) mass is 226 g/mol. The lowest BCUT2D eigenvalue weighted by Crippen LogP contribution is -2.42. The highest BCUT2D eigenvalue weighted by molar-refractivity contribution is 4.76. The van der Waals surface area contributed by atoms with Crippen LogP contribution in [0.1, 0.15) is 32.1 Å². The van der Waals surface area contributed by atoms with Gasteiger partial charge in [-0.05, 0) is 76.7 Å². The first-order chi connectivity index (χ1) is 7.88. The smallest absolute Gasteiger partial charge is 0.0433 e. The number of hydrogen-bond donors (Lipinski definition) is 2. The van der Waals surface area contributed by atoms with Crippen LogP contribution in [0.2, 0.25) is 0 Å². The molecule has 2 rings (SSSR count). The van der Waals surface area contributed by atoms with Gasteiger partial charge >= 0.3 is 0 Å². The van der Waals surface area contributed by atoms with Gasteiger partial charge in [-0.2, -0.15) is 0 Å². The van der Waals surface area contributed by atoms with Gasteiger partial charge in [-0.1, -0.05) is 0 Å². The number of rotatable bonds is 6. The SMILES string of the molecule is OCCC1CCN(CCCC2CNC2)CC1. The third-order valence-corrected chi connectivity index (χ3v) is 4.20. The van der Waals surface area contributed by atoms with Crippen molar-refractivity contribution in [2.45, 2.75) is 32.1 Å². The summed E-state index contributed by atoms with van der Waals surface area (Å²) in [5.74, 6) is 1.75. The topological polar surface area (TPSA) is 35.5 Å². The summed E-state index contributed by atoms with van der Waals surface area (Å²) in [6, 6.07) is 0. The van der Waals surface area contributed by atoms with Gasteiger partial charge in [0.25, 0.3) is 0 Å². The van der Waals surface area contributed by atoms with Gasteiger partial charge in [-0.15, -0.1) is 0 Å². The van der Waals surface area contributed by atoms with Crippen LogP contribution in [0.5, 0.6) is 0 Å². The number of hydrogen-bond acceptors (Lipinski definition) is 3. The van der Waals surface area contributed by atoms with Crippen molar-refractivity contribution in [1.29, 1.82) is 0 Å². The molecule has 2 aliphatic rings. The Balaban J connectivity index is 1.51. The van der Waals surface area contributed by atoms with Crippen LogP contribution >= 0.6 is 0 Å². The van der Waals surface area contributed by atoms with Crippen LogP contribution in [0.3, 0.4) is 0 Å². The Bertz CT molecular complexity index is 186. The molecule has 2 saturated heterocycles. The van der Waals surface area contributed by atoms with Crippen LogP contribution < -0.4 is 5.32 Å². The highest BCUT2D eigenvalue weighted by Crippen LogP contribution is 2.20. The van der Waals surface area contributed by atoms with Crippen molar-refractivity contribution >= 4 is 0 Å². The van der Waals surface area contributed by atoms with Crippen molar-refractivity contribution < 1.29 is 5.11 Å². The Kier molecular flexibility index (Phi) is 5.07. The molecule has 2 heterocycles. The molecule has 0 unspecified atom stereocenters. The first kappa shape index (κ1) is 12.3. The predicted molar refractivity (Wildman–Crippen MR) is 66.5 cm³/mol. The van der Waals surface area contributed by atoms with E-state index in [9.17, 15) is 0 Å². The van der Waals surface area contributed by atoms with Crippen LogP contribution in [0.4, 0.5) is 0 Å². The number of likely N-dealkylation sites (tertiary alicyclic amines) is 1. The molecule has 3 nitrogen and oxygen atoms in total. The summed E-state index contributed by atoms with van der Waals surface area (Å²) in [6.07, 6.45) is 6.39. The van der Waals surface area contributed by atoms with E-state index >= 15 is 0 Å². The summed E-state index contributed by atoms with van der Waals surface area (Å²) in [5.41, 5.74) is 0. The predicted octanol–water partition coefficient (Wildman–Crippen LogP) is 1.08. The van der Waals surface area contributed by atoms with Gasteiger partial charge in [-0.25, -0.2) is 0 Å². The second-order valence-corrected chi connectivity index (χ2v) is 5.46. The molecule has 94 valence electrons.